The lowest BCUT2D eigenvalue weighted by molar-refractivity contribution is -0.119. The van der Waals surface area contributed by atoms with E-state index in [0.29, 0.717) is 18.9 Å². The first kappa shape index (κ1) is 16.6. The molecule has 1 aliphatic rings. The highest BCUT2D eigenvalue weighted by Crippen LogP contribution is 2.20. The SMILES string of the molecule is CN=C(NCc1ccccc1Cl)N1CCCC(CC(N)=O)C1. The lowest BCUT2D eigenvalue weighted by atomic mass is 9.95. The highest BCUT2D eigenvalue weighted by atomic mass is 35.5. The number of nitrogens with two attached hydrogens (primary N) is 1. The van der Waals surface area contributed by atoms with Gasteiger partial charge >= 0.3 is 0 Å². The van der Waals surface area contributed by atoms with Gasteiger partial charge in [-0.25, -0.2) is 0 Å². The fourth-order valence-electron chi connectivity index (χ4n) is 2.86. The minimum absolute atomic E-state index is 0.231. The summed E-state index contributed by atoms with van der Waals surface area (Å²) in [6, 6.07) is 7.76. The number of guanidine groups is 1. The average molecular weight is 323 g/mol. The molecule has 0 aromatic heterocycles. The molecule has 1 atom stereocenters. The second-order valence-corrected chi connectivity index (χ2v) is 6.02. The van der Waals surface area contributed by atoms with E-state index in [-0.39, 0.29) is 5.91 Å². The van der Waals surface area contributed by atoms with Gasteiger partial charge in [0.25, 0.3) is 0 Å². The molecule has 3 N–H and O–H groups in total. The molecule has 1 amide bonds. The van der Waals surface area contributed by atoms with Gasteiger partial charge < -0.3 is 16.0 Å². The highest BCUT2D eigenvalue weighted by molar-refractivity contribution is 6.31. The summed E-state index contributed by atoms with van der Waals surface area (Å²) in [6.45, 7) is 2.38. The molecule has 1 fully saturated rings. The molecule has 0 aliphatic carbocycles. The summed E-state index contributed by atoms with van der Waals surface area (Å²) >= 11 is 6.17. The van der Waals surface area contributed by atoms with E-state index in [1.165, 1.54) is 0 Å². The topological polar surface area (TPSA) is 70.7 Å². The molecule has 5 nitrogen and oxygen atoms in total. The van der Waals surface area contributed by atoms with Crippen LogP contribution in [0.5, 0.6) is 0 Å². The second-order valence-electron chi connectivity index (χ2n) is 5.62. The maximum Gasteiger partial charge on any atom is 0.217 e. The Balaban J connectivity index is 1.94. The van der Waals surface area contributed by atoms with Crippen LogP contribution < -0.4 is 11.1 Å². The summed E-state index contributed by atoms with van der Waals surface area (Å²) in [7, 11) is 1.77. The monoisotopic (exact) mass is 322 g/mol. The van der Waals surface area contributed by atoms with E-state index >= 15 is 0 Å². The van der Waals surface area contributed by atoms with Crippen molar-refractivity contribution in [2.75, 3.05) is 20.1 Å². The van der Waals surface area contributed by atoms with Gasteiger partial charge in [0, 0.05) is 38.1 Å². The van der Waals surface area contributed by atoms with Crippen LogP contribution in [0.2, 0.25) is 5.02 Å². The Morgan fingerprint density at radius 2 is 2.27 bits per heavy atom. The summed E-state index contributed by atoms with van der Waals surface area (Å²) < 4.78 is 0. The quantitative estimate of drug-likeness (QED) is 0.658. The Morgan fingerprint density at radius 1 is 1.50 bits per heavy atom. The minimum atomic E-state index is -0.231. The van der Waals surface area contributed by atoms with Gasteiger partial charge in [0.15, 0.2) is 5.96 Å². The lowest BCUT2D eigenvalue weighted by Gasteiger charge is -2.34. The van der Waals surface area contributed by atoms with Gasteiger partial charge in [-0.05, 0) is 30.4 Å². The molecule has 1 unspecified atom stereocenters. The van der Waals surface area contributed by atoms with Crippen LogP contribution in [0, 0.1) is 5.92 Å². The first-order valence-electron chi connectivity index (χ1n) is 7.57. The first-order valence-corrected chi connectivity index (χ1v) is 7.95. The van der Waals surface area contributed by atoms with Crippen molar-refractivity contribution < 1.29 is 4.79 Å². The van der Waals surface area contributed by atoms with E-state index in [9.17, 15) is 4.79 Å². The Bertz CT molecular complexity index is 547. The number of aliphatic imine (C=N–C) groups is 1. The standard InChI is InChI=1S/C16H23ClN4O/c1-19-16(20-10-13-6-2-3-7-14(13)17)21-8-4-5-12(11-21)9-15(18)22/h2-3,6-7,12H,4-5,8-11H2,1H3,(H2,18,22)(H,19,20). The van der Waals surface area contributed by atoms with Crippen molar-refractivity contribution in [2.24, 2.45) is 16.6 Å². The number of primary amides is 1. The van der Waals surface area contributed by atoms with Gasteiger partial charge in [0.2, 0.25) is 5.91 Å². The normalized spacial score (nSPS) is 19.1. The molecule has 22 heavy (non-hydrogen) atoms. The van der Waals surface area contributed by atoms with Crippen molar-refractivity contribution in [1.82, 2.24) is 10.2 Å². The second kappa shape index (κ2) is 8.03. The molecule has 1 heterocycles. The fraction of sp³-hybridized carbons (Fsp3) is 0.500. The summed E-state index contributed by atoms with van der Waals surface area (Å²) in [6.07, 6.45) is 2.53. The molecular formula is C16H23ClN4O. The maximum atomic E-state index is 11.1. The zero-order chi connectivity index (χ0) is 15.9. The number of rotatable bonds is 4. The number of piperidine rings is 1. The molecule has 0 saturated carbocycles. The van der Waals surface area contributed by atoms with Gasteiger partial charge in [0.1, 0.15) is 0 Å². The molecule has 1 aliphatic heterocycles. The predicted octanol–water partition coefficient (Wildman–Crippen LogP) is 2.00. The Kier molecular flexibility index (Phi) is 6.07. The van der Waals surface area contributed by atoms with Crippen LogP contribution in [0.1, 0.15) is 24.8 Å². The van der Waals surface area contributed by atoms with Crippen molar-refractivity contribution in [3.8, 4) is 0 Å². The minimum Gasteiger partial charge on any atom is -0.370 e. The van der Waals surface area contributed by atoms with Gasteiger partial charge in [-0.1, -0.05) is 29.8 Å². The molecule has 120 valence electrons. The van der Waals surface area contributed by atoms with E-state index in [1.54, 1.807) is 7.05 Å². The number of benzene rings is 1. The smallest absolute Gasteiger partial charge is 0.217 e. The number of amides is 1. The van der Waals surface area contributed by atoms with Crippen LogP contribution in [-0.4, -0.2) is 36.9 Å². The number of hydrogen-bond donors (Lipinski definition) is 2. The van der Waals surface area contributed by atoms with Gasteiger partial charge in [-0.15, -0.1) is 0 Å². The zero-order valence-corrected chi connectivity index (χ0v) is 13.6. The summed E-state index contributed by atoms with van der Waals surface area (Å²) in [5, 5.41) is 4.09. The van der Waals surface area contributed by atoms with Crippen LogP contribution in [0.25, 0.3) is 0 Å². The Morgan fingerprint density at radius 3 is 2.95 bits per heavy atom. The molecule has 2 rings (SSSR count). The lowest BCUT2D eigenvalue weighted by Crippen LogP contribution is -2.46. The molecule has 6 heteroatoms. The number of carbonyl (C=O) groups excluding carboxylic acids is 1. The van der Waals surface area contributed by atoms with Crippen LogP contribution in [0.15, 0.2) is 29.3 Å². The third kappa shape index (κ3) is 4.63. The van der Waals surface area contributed by atoms with E-state index in [2.05, 4.69) is 15.2 Å². The van der Waals surface area contributed by atoms with E-state index in [4.69, 9.17) is 17.3 Å². The first-order chi connectivity index (χ1) is 10.6. The fourth-order valence-corrected chi connectivity index (χ4v) is 3.06. The van der Waals surface area contributed by atoms with Gasteiger partial charge in [-0.2, -0.15) is 0 Å². The van der Waals surface area contributed by atoms with Crippen molar-refractivity contribution >= 4 is 23.5 Å². The van der Waals surface area contributed by atoms with Crippen molar-refractivity contribution in [1.29, 1.82) is 0 Å². The summed E-state index contributed by atoms with van der Waals surface area (Å²) in [5.74, 6) is 0.921. The predicted molar refractivity (Wildman–Crippen MR) is 89.8 cm³/mol. The maximum absolute atomic E-state index is 11.1. The molecule has 1 aromatic rings. The van der Waals surface area contributed by atoms with E-state index < -0.39 is 0 Å². The van der Waals surface area contributed by atoms with E-state index in [1.807, 2.05) is 24.3 Å². The molecular weight excluding hydrogens is 300 g/mol. The molecule has 0 spiro atoms. The number of nitrogens with zero attached hydrogens (tertiary/aromatic N) is 2. The number of carbonyl (C=O) groups is 1. The average Bonchev–Trinajstić information content (AvgIpc) is 2.49. The number of nitrogens with one attached hydrogen (secondary N) is 1. The summed E-state index contributed by atoms with van der Waals surface area (Å²) in [4.78, 5) is 17.6. The zero-order valence-electron chi connectivity index (χ0n) is 12.9. The number of halogens is 1. The third-order valence-electron chi connectivity index (χ3n) is 3.91. The van der Waals surface area contributed by atoms with Gasteiger partial charge in [0.05, 0.1) is 0 Å². The molecule has 1 saturated heterocycles. The molecule has 0 radical (unpaired) electrons. The number of hydrogen-bond acceptors (Lipinski definition) is 2. The van der Waals surface area contributed by atoms with Crippen molar-refractivity contribution in [2.45, 2.75) is 25.8 Å². The Labute approximate surface area is 136 Å². The highest BCUT2D eigenvalue weighted by Gasteiger charge is 2.23. The van der Waals surface area contributed by atoms with Crippen LogP contribution in [0.3, 0.4) is 0 Å². The van der Waals surface area contributed by atoms with Crippen molar-refractivity contribution in [3.63, 3.8) is 0 Å². The van der Waals surface area contributed by atoms with Crippen LogP contribution in [-0.2, 0) is 11.3 Å². The number of likely N-dealkylation sites (tertiary alicyclic amines) is 1. The van der Waals surface area contributed by atoms with Crippen LogP contribution >= 0.6 is 11.6 Å². The third-order valence-corrected chi connectivity index (χ3v) is 4.28. The largest absolute Gasteiger partial charge is 0.370 e. The van der Waals surface area contributed by atoms with Gasteiger partial charge in [-0.3, -0.25) is 9.79 Å². The molecule has 0 bridgehead atoms. The molecule has 1 aromatic carbocycles. The summed E-state index contributed by atoms with van der Waals surface area (Å²) in [5.41, 5.74) is 6.35. The van der Waals surface area contributed by atoms with E-state index in [0.717, 1.165) is 42.5 Å². The van der Waals surface area contributed by atoms with Crippen LogP contribution in [0.4, 0.5) is 0 Å². The van der Waals surface area contributed by atoms with Crippen molar-refractivity contribution in [3.05, 3.63) is 34.9 Å². The Hall–Kier alpha value is -1.75.